The largest absolute Gasteiger partial charge is 0.464 e. The number of benzene rings is 2. The van der Waals surface area contributed by atoms with Crippen LogP contribution in [0.2, 0.25) is 5.02 Å². The maximum Gasteiger partial charge on any atom is 0.269 e. The third-order valence-electron chi connectivity index (χ3n) is 4.00. The lowest BCUT2D eigenvalue weighted by molar-refractivity contribution is -0.121. The summed E-state index contributed by atoms with van der Waals surface area (Å²) in [5.74, 6) is -0.719. The molecule has 0 aliphatic heterocycles. The topological polar surface area (TPSA) is 71.3 Å². The maximum atomic E-state index is 12.2. The Bertz CT molecular complexity index is 948. The molecule has 5 nitrogen and oxygen atoms in total. The van der Waals surface area contributed by atoms with Crippen molar-refractivity contribution in [1.29, 1.82) is 0 Å². The Balaban J connectivity index is 1.70. The number of nitrogens with one attached hydrogen (secondary N) is 2. The number of carbonyl (C=O) groups is 2. The minimum atomic E-state index is -0.374. The zero-order valence-electron chi connectivity index (χ0n) is 13.9. The first-order valence-corrected chi connectivity index (χ1v) is 8.15. The molecule has 128 valence electrons. The Morgan fingerprint density at radius 2 is 1.84 bits per heavy atom. The predicted octanol–water partition coefficient (Wildman–Crippen LogP) is 3.71. The van der Waals surface area contributed by atoms with E-state index in [0.29, 0.717) is 16.2 Å². The van der Waals surface area contributed by atoms with Gasteiger partial charge in [-0.3, -0.25) is 20.4 Å². The van der Waals surface area contributed by atoms with E-state index in [9.17, 15) is 9.59 Å². The van der Waals surface area contributed by atoms with Crippen LogP contribution in [0.4, 0.5) is 0 Å². The van der Waals surface area contributed by atoms with Gasteiger partial charge in [0, 0.05) is 21.5 Å². The third kappa shape index (κ3) is 3.51. The van der Waals surface area contributed by atoms with Gasteiger partial charge in [-0.05, 0) is 43.2 Å². The molecular formula is C19H17ClN2O3. The summed E-state index contributed by atoms with van der Waals surface area (Å²) in [5, 5.41) is 1.49. The quantitative estimate of drug-likeness (QED) is 0.703. The summed E-state index contributed by atoms with van der Waals surface area (Å²) in [6.07, 6.45) is 1.62. The number of hydrazine groups is 1. The fourth-order valence-corrected chi connectivity index (χ4v) is 2.89. The van der Waals surface area contributed by atoms with Crippen molar-refractivity contribution >= 4 is 34.4 Å². The molecule has 0 fully saturated rings. The Labute approximate surface area is 149 Å². The van der Waals surface area contributed by atoms with E-state index in [0.717, 1.165) is 22.1 Å². The first-order chi connectivity index (χ1) is 12.0. The van der Waals surface area contributed by atoms with Crippen molar-refractivity contribution in [3.8, 4) is 0 Å². The minimum absolute atomic E-state index is 0.0717. The van der Waals surface area contributed by atoms with E-state index in [1.807, 2.05) is 26.0 Å². The highest BCUT2D eigenvalue weighted by Gasteiger charge is 2.16. The maximum absolute atomic E-state index is 12.2. The van der Waals surface area contributed by atoms with Crippen LogP contribution in [-0.2, 0) is 11.2 Å². The molecule has 0 atom stereocenters. The van der Waals surface area contributed by atoms with Crippen LogP contribution in [0.3, 0.4) is 0 Å². The van der Waals surface area contributed by atoms with Gasteiger partial charge in [0.15, 0.2) is 0 Å². The number of halogens is 1. The van der Waals surface area contributed by atoms with E-state index >= 15 is 0 Å². The van der Waals surface area contributed by atoms with E-state index in [-0.39, 0.29) is 18.2 Å². The summed E-state index contributed by atoms with van der Waals surface area (Å²) in [6, 6.07) is 10.5. The molecule has 3 aromatic rings. The number of fused-ring (bicyclic) bond motifs is 1. The Kier molecular flexibility index (Phi) is 4.76. The second-order valence-electron chi connectivity index (χ2n) is 5.81. The van der Waals surface area contributed by atoms with E-state index < -0.39 is 0 Å². The van der Waals surface area contributed by atoms with Gasteiger partial charge >= 0.3 is 0 Å². The van der Waals surface area contributed by atoms with Crippen LogP contribution >= 0.6 is 11.6 Å². The van der Waals surface area contributed by atoms with Gasteiger partial charge in [-0.1, -0.05) is 29.8 Å². The number of aryl methyl sites for hydroxylation is 2. The van der Waals surface area contributed by atoms with Gasteiger partial charge in [-0.15, -0.1) is 0 Å². The van der Waals surface area contributed by atoms with Gasteiger partial charge in [-0.2, -0.15) is 0 Å². The van der Waals surface area contributed by atoms with Crippen LogP contribution in [-0.4, -0.2) is 11.8 Å². The van der Waals surface area contributed by atoms with Gasteiger partial charge in [0.25, 0.3) is 5.91 Å². The molecule has 0 aliphatic rings. The molecule has 0 radical (unpaired) electrons. The fourth-order valence-electron chi connectivity index (χ4n) is 2.74. The molecule has 0 saturated heterocycles. The van der Waals surface area contributed by atoms with Crippen LogP contribution in [0.1, 0.15) is 27.0 Å². The van der Waals surface area contributed by atoms with Gasteiger partial charge in [0.1, 0.15) is 5.58 Å². The third-order valence-corrected chi connectivity index (χ3v) is 4.58. The lowest BCUT2D eigenvalue weighted by Gasteiger charge is -2.08. The van der Waals surface area contributed by atoms with E-state index in [1.165, 1.54) is 0 Å². The first-order valence-electron chi connectivity index (χ1n) is 7.77. The highest BCUT2D eigenvalue weighted by atomic mass is 35.5. The molecule has 0 saturated carbocycles. The van der Waals surface area contributed by atoms with E-state index in [2.05, 4.69) is 10.9 Å². The minimum Gasteiger partial charge on any atom is -0.464 e. The second-order valence-corrected chi connectivity index (χ2v) is 6.19. The van der Waals surface area contributed by atoms with Crippen molar-refractivity contribution in [3.05, 3.63) is 69.9 Å². The standard InChI is InChI=1S/C19H17ClN2O3/c1-11-8-15-17(12(2)18(11)20)14(10-25-15)9-16(23)21-22-19(24)13-6-4-3-5-7-13/h3-8,10H,9H2,1-2H3,(H,21,23)(H,22,24). The molecule has 0 bridgehead atoms. The predicted molar refractivity (Wildman–Crippen MR) is 96.5 cm³/mol. The SMILES string of the molecule is Cc1cc2occ(CC(=O)NNC(=O)c3ccccc3)c2c(C)c1Cl. The molecule has 2 aromatic carbocycles. The molecule has 3 rings (SSSR count). The lowest BCUT2D eigenvalue weighted by atomic mass is 10.0. The molecule has 0 spiro atoms. The molecule has 2 amide bonds. The summed E-state index contributed by atoms with van der Waals surface area (Å²) in [4.78, 5) is 24.1. The lowest BCUT2D eigenvalue weighted by Crippen LogP contribution is -2.42. The van der Waals surface area contributed by atoms with Crippen molar-refractivity contribution in [2.75, 3.05) is 0 Å². The summed E-state index contributed by atoms with van der Waals surface area (Å²) < 4.78 is 5.54. The van der Waals surface area contributed by atoms with Gasteiger partial charge < -0.3 is 4.42 Å². The molecule has 1 aromatic heterocycles. The van der Waals surface area contributed by atoms with Gasteiger partial charge in [0.2, 0.25) is 5.91 Å². The fraction of sp³-hybridized carbons (Fsp3) is 0.158. The van der Waals surface area contributed by atoms with Gasteiger partial charge in [0.05, 0.1) is 12.7 Å². The normalized spacial score (nSPS) is 10.7. The van der Waals surface area contributed by atoms with Crippen molar-refractivity contribution in [2.45, 2.75) is 20.3 Å². The average Bonchev–Trinajstić information content (AvgIpc) is 3.00. The van der Waals surface area contributed by atoms with E-state index in [4.69, 9.17) is 16.0 Å². The van der Waals surface area contributed by atoms with Crippen molar-refractivity contribution in [1.82, 2.24) is 10.9 Å². The number of hydrogen-bond acceptors (Lipinski definition) is 3. The van der Waals surface area contributed by atoms with Crippen LogP contribution in [0.5, 0.6) is 0 Å². The zero-order valence-corrected chi connectivity index (χ0v) is 14.6. The van der Waals surface area contributed by atoms with Crippen LogP contribution in [0, 0.1) is 13.8 Å². The second kappa shape index (κ2) is 6.99. The molecule has 0 aliphatic carbocycles. The van der Waals surface area contributed by atoms with Crippen LogP contribution in [0.15, 0.2) is 47.1 Å². The van der Waals surface area contributed by atoms with Crippen LogP contribution < -0.4 is 10.9 Å². The smallest absolute Gasteiger partial charge is 0.269 e. The Hall–Kier alpha value is -2.79. The number of hydrogen-bond donors (Lipinski definition) is 2. The molecular weight excluding hydrogens is 340 g/mol. The van der Waals surface area contributed by atoms with Crippen molar-refractivity contribution < 1.29 is 14.0 Å². The molecule has 0 unspecified atom stereocenters. The van der Waals surface area contributed by atoms with Crippen LogP contribution in [0.25, 0.3) is 11.0 Å². The summed E-state index contributed by atoms with van der Waals surface area (Å²) in [5.41, 5.74) is 8.50. The van der Waals surface area contributed by atoms with Gasteiger partial charge in [-0.25, -0.2) is 0 Å². The molecule has 25 heavy (non-hydrogen) atoms. The number of rotatable bonds is 3. The highest BCUT2D eigenvalue weighted by Crippen LogP contribution is 2.32. The van der Waals surface area contributed by atoms with Crippen molar-refractivity contribution in [3.63, 3.8) is 0 Å². The Morgan fingerprint density at radius 1 is 1.12 bits per heavy atom. The monoisotopic (exact) mass is 356 g/mol. The first kappa shape index (κ1) is 17.0. The summed E-state index contributed by atoms with van der Waals surface area (Å²) >= 11 is 6.29. The molecule has 1 heterocycles. The highest BCUT2D eigenvalue weighted by molar-refractivity contribution is 6.33. The summed E-state index contributed by atoms with van der Waals surface area (Å²) in [7, 11) is 0. The number of carbonyl (C=O) groups excluding carboxylic acids is 2. The number of amides is 2. The molecule has 2 N–H and O–H groups in total. The Morgan fingerprint density at radius 3 is 2.56 bits per heavy atom. The van der Waals surface area contributed by atoms with E-state index in [1.54, 1.807) is 30.5 Å². The zero-order chi connectivity index (χ0) is 18.0. The van der Waals surface area contributed by atoms with Crippen molar-refractivity contribution in [2.24, 2.45) is 0 Å². The average molecular weight is 357 g/mol. The number of furan rings is 1. The summed E-state index contributed by atoms with van der Waals surface area (Å²) in [6.45, 7) is 3.80. The molecule has 6 heteroatoms.